The Morgan fingerprint density at radius 2 is 2.25 bits per heavy atom. The maximum absolute atomic E-state index is 5.59. The molecule has 2 aromatic rings. The van der Waals surface area contributed by atoms with Gasteiger partial charge in [0.1, 0.15) is 0 Å². The molecular formula is C9H8N2O. The first-order chi connectivity index (χ1) is 5.86. The number of rotatable bonds is 1. The molecule has 0 aliphatic heterocycles. The number of pyridine rings is 1. The first kappa shape index (κ1) is 6.91. The van der Waals surface area contributed by atoms with Crippen LogP contribution < -0.4 is 5.73 Å². The Morgan fingerprint density at radius 3 is 2.92 bits per heavy atom. The van der Waals surface area contributed by atoms with E-state index < -0.39 is 0 Å². The summed E-state index contributed by atoms with van der Waals surface area (Å²) in [5, 5.41) is 0. The van der Waals surface area contributed by atoms with Gasteiger partial charge in [0, 0.05) is 17.4 Å². The number of anilines is 1. The van der Waals surface area contributed by atoms with Crippen molar-refractivity contribution in [2.75, 3.05) is 5.73 Å². The van der Waals surface area contributed by atoms with Gasteiger partial charge in [0.05, 0.1) is 18.2 Å². The monoisotopic (exact) mass is 160 g/mol. The van der Waals surface area contributed by atoms with Crippen LogP contribution in [0.2, 0.25) is 0 Å². The molecule has 2 N–H and O–H groups in total. The molecule has 0 radical (unpaired) electrons. The van der Waals surface area contributed by atoms with Gasteiger partial charge in [-0.25, -0.2) is 0 Å². The second-order valence-electron chi connectivity index (χ2n) is 2.49. The predicted molar refractivity (Wildman–Crippen MR) is 46.4 cm³/mol. The zero-order valence-electron chi connectivity index (χ0n) is 6.40. The molecule has 0 fully saturated rings. The van der Waals surface area contributed by atoms with Gasteiger partial charge in [-0.2, -0.15) is 0 Å². The Kier molecular flexibility index (Phi) is 1.55. The average Bonchev–Trinajstić information content (AvgIpc) is 2.56. The zero-order valence-corrected chi connectivity index (χ0v) is 6.40. The average molecular weight is 160 g/mol. The largest absolute Gasteiger partial charge is 0.472 e. The Morgan fingerprint density at radius 1 is 1.33 bits per heavy atom. The van der Waals surface area contributed by atoms with Crippen molar-refractivity contribution in [3.8, 4) is 11.3 Å². The molecule has 0 amide bonds. The van der Waals surface area contributed by atoms with Crippen molar-refractivity contribution >= 4 is 5.69 Å². The number of hydrogen-bond donors (Lipinski definition) is 1. The van der Waals surface area contributed by atoms with Gasteiger partial charge < -0.3 is 10.2 Å². The summed E-state index contributed by atoms with van der Waals surface area (Å²) in [5.41, 5.74) is 8.09. The van der Waals surface area contributed by atoms with Crippen LogP contribution in [0.1, 0.15) is 0 Å². The normalized spacial score (nSPS) is 10.0. The van der Waals surface area contributed by atoms with E-state index in [9.17, 15) is 0 Å². The SMILES string of the molecule is Nc1ccnc(-c2ccoc2)c1. The minimum Gasteiger partial charge on any atom is -0.472 e. The highest BCUT2D eigenvalue weighted by atomic mass is 16.3. The van der Waals surface area contributed by atoms with Crippen molar-refractivity contribution in [3.63, 3.8) is 0 Å². The molecular weight excluding hydrogens is 152 g/mol. The molecule has 60 valence electrons. The number of aromatic nitrogens is 1. The summed E-state index contributed by atoms with van der Waals surface area (Å²) in [6.07, 6.45) is 4.93. The fourth-order valence-corrected chi connectivity index (χ4v) is 1.01. The smallest absolute Gasteiger partial charge is 0.0996 e. The van der Waals surface area contributed by atoms with E-state index in [1.165, 1.54) is 0 Å². The van der Waals surface area contributed by atoms with E-state index in [1.807, 2.05) is 12.1 Å². The standard InChI is InChI=1S/C9H8N2O/c10-8-1-3-11-9(5-8)7-2-4-12-6-7/h1-6H,(H2,10,11). The molecule has 0 atom stereocenters. The summed E-state index contributed by atoms with van der Waals surface area (Å²) < 4.78 is 4.93. The molecule has 0 aliphatic rings. The van der Waals surface area contributed by atoms with Crippen LogP contribution in [0.25, 0.3) is 11.3 Å². The highest BCUT2D eigenvalue weighted by Gasteiger charge is 1.99. The van der Waals surface area contributed by atoms with E-state index in [0.717, 1.165) is 11.3 Å². The highest BCUT2D eigenvalue weighted by molar-refractivity contribution is 5.61. The maximum Gasteiger partial charge on any atom is 0.0996 e. The van der Waals surface area contributed by atoms with Crippen LogP contribution in [-0.4, -0.2) is 4.98 Å². The fourth-order valence-electron chi connectivity index (χ4n) is 1.01. The molecule has 0 bridgehead atoms. The second kappa shape index (κ2) is 2.70. The van der Waals surface area contributed by atoms with Crippen LogP contribution in [0.5, 0.6) is 0 Å². The van der Waals surface area contributed by atoms with Gasteiger partial charge in [-0.1, -0.05) is 0 Å². The van der Waals surface area contributed by atoms with Crippen LogP contribution in [0.4, 0.5) is 5.69 Å². The lowest BCUT2D eigenvalue weighted by Gasteiger charge is -1.96. The van der Waals surface area contributed by atoms with Crippen molar-refractivity contribution in [1.82, 2.24) is 4.98 Å². The lowest BCUT2D eigenvalue weighted by Crippen LogP contribution is -1.86. The van der Waals surface area contributed by atoms with Crippen LogP contribution in [-0.2, 0) is 0 Å². The summed E-state index contributed by atoms with van der Waals surface area (Å²) in [5.74, 6) is 0. The Labute approximate surface area is 69.8 Å². The van der Waals surface area contributed by atoms with Crippen LogP contribution in [0.15, 0.2) is 41.3 Å². The van der Waals surface area contributed by atoms with Gasteiger partial charge in [0.2, 0.25) is 0 Å². The third kappa shape index (κ3) is 1.16. The molecule has 3 heteroatoms. The molecule has 3 nitrogen and oxygen atoms in total. The molecule has 2 rings (SSSR count). The summed E-state index contributed by atoms with van der Waals surface area (Å²) >= 11 is 0. The molecule has 0 saturated heterocycles. The Balaban J connectivity index is 2.48. The predicted octanol–water partition coefficient (Wildman–Crippen LogP) is 1.92. The number of nitrogens with two attached hydrogens (primary N) is 1. The van der Waals surface area contributed by atoms with E-state index in [1.54, 1.807) is 24.8 Å². The van der Waals surface area contributed by atoms with E-state index in [4.69, 9.17) is 10.2 Å². The molecule has 2 heterocycles. The molecule has 12 heavy (non-hydrogen) atoms. The third-order valence-corrected chi connectivity index (χ3v) is 1.60. The lowest BCUT2D eigenvalue weighted by molar-refractivity contribution is 0.568. The highest BCUT2D eigenvalue weighted by Crippen LogP contribution is 2.18. The van der Waals surface area contributed by atoms with Gasteiger partial charge in [-0.3, -0.25) is 4.98 Å². The van der Waals surface area contributed by atoms with Crippen LogP contribution >= 0.6 is 0 Å². The molecule has 0 spiro atoms. The molecule has 0 aliphatic carbocycles. The van der Waals surface area contributed by atoms with Crippen LogP contribution in [0, 0.1) is 0 Å². The van der Waals surface area contributed by atoms with Crippen molar-refractivity contribution in [2.24, 2.45) is 0 Å². The van der Waals surface area contributed by atoms with E-state index >= 15 is 0 Å². The summed E-state index contributed by atoms with van der Waals surface area (Å²) in [6.45, 7) is 0. The quantitative estimate of drug-likeness (QED) is 0.693. The van der Waals surface area contributed by atoms with Crippen molar-refractivity contribution in [3.05, 3.63) is 36.9 Å². The lowest BCUT2D eigenvalue weighted by atomic mass is 10.2. The minimum absolute atomic E-state index is 0.709. The Hall–Kier alpha value is -1.77. The van der Waals surface area contributed by atoms with Gasteiger partial charge in [0.15, 0.2) is 0 Å². The van der Waals surface area contributed by atoms with Gasteiger partial charge in [0.25, 0.3) is 0 Å². The topological polar surface area (TPSA) is 52.0 Å². The number of furan rings is 1. The third-order valence-electron chi connectivity index (χ3n) is 1.60. The fraction of sp³-hybridized carbons (Fsp3) is 0. The van der Waals surface area contributed by atoms with Gasteiger partial charge >= 0.3 is 0 Å². The first-order valence-corrected chi connectivity index (χ1v) is 3.60. The summed E-state index contributed by atoms with van der Waals surface area (Å²) in [4.78, 5) is 4.14. The minimum atomic E-state index is 0.709. The van der Waals surface area contributed by atoms with Crippen molar-refractivity contribution in [2.45, 2.75) is 0 Å². The van der Waals surface area contributed by atoms with E-state index in [-0.39, 0.29) is 0 Å². The van der Waals surface area contributed by atoms with Gasteiger partial charge in [-0.05, 0) is 18.2 Å². The number of hydrogen-bond acceptors (Lipinski definition) is 3. The molecule has 0 unspecified atom stereocenters. The maximum atomic E-state index is 5.59. The van der Waals surface area contributed by atoms with Crippen LogP contribution in [0.3, 0.4) is 0 Å². The van der Waals surface area contributed by atoms with E-state index in [0.29, 0.717) is 5.69 Å². The molecule has 0 aromatic carbocycles. The van der Waals surface area contributed by atoms with Crippen molar-refractivity contribution < 1.29 is 4.42 Å². The van der Waals surface area contributed by atoms with E-state index in [2.05, 4.69) is 4.98 Å². The zero-order chi connectivity index (χ0) is 8.39. The van der Waals surface area contributed by atoms with Crippen molar-refractivity contribution in [1.29, 1.82) is 0 Å². The molecule has 0 saturated carbocycles. The summed E-state index contributed by atoms with van der Waals surface area (Å²) in [6, 6.07) is 5.41. The first-order valence-electron chi connectivity index (χ1n) is 3.60. The summed E-state index contributed by atoms with van der Waals surface area (Å²) in [7, 11) is 0. The van der Waals surface area contributed by atoms with Gasteiger partial charge in [-0.15, -0.1) is 0 Å². The molecule has 2 aromatic heterocycles. The number of nitrogen functional groups attached to an aromatic ring is 1. The second-order valence-corrected chi connectivity index (χ2v) is 2.49. The Bertz CT molecular complexity index is 368. The number of nitrogens with zero attached hydrogens (tertiary/aromatic N) is 1.